The van der Waals surface area contributed by atoms with Crippen LogP contribution in [0.2, 0.25) is 5.02 Å². The summed E-state index contributed by atoms with van der Waals surface area (Å²) in [6.45, 7) is 1.44. The van der Waals surface area contributed by atoms with Gasteiger partial charge in [-0.05, 0) is 30.3 Å². The van der Waals surface area contributed by atoms with Crippen LogP contribution in [0.1, 0.15) is 16.7 Å². The molecule has 0 spiro atoms. The summed E-state index contributed by atoms with van der Waals surface area (Å²) >= 11 is 6.19. The summed E-state index contributed by atoms with van der Waals surface area (Å²) in [5, 5.41) is 9.62. The second-order valence-corrected chi connectivity index (χ2v) is 5.29. The first-order chi connectivity index (χ1) is 10.2. The molecule has 2 rings (SSSR count). The molecule has 0 aliphatic carbocycles. The minimum atomic E-state index is -0.121. The van der Waals surface area contributed by atoms with E-state index in [1.807, 2.05) is 42.5 Å². The topological polar surface area (TPSA) is 23.5 Å². The first kappa shape index (κ1) is 15.6. The summed E-state index contributed by atoms with van der Waals surface area (Å²) in [6, 6.07) is 15.9. The number of hydrogen-bond donors (Lipinski definition) is 1. The van der Waals surface area contributed by atoms with Gasteiger partial charge in [0, 0.05) is 23.7 Å². The van der Waals surface area contributed by atoms with Gasteiger partial charge in [0.2, 0.25) is 0 Å². The molecule has 0 atom stereocenters. The van der Waals surface area contributed by atoms with Crippen LogP contribution >= 0.6 is 11.6 Å². The third-order valence-corrected chi connectivity index (χ3v) is 3.53. The van der Waals surface area contributed by atoms with Crippen molar-refractivity contribution in [2.45, 2.75) is 13.1 Å². The van der Waals surface area contributed by atoms with E-state index in [0.29, 0.717) is 0 Å². The molecule has 21 heavy (non-hydrogen) atoms. The van der Waals surface area contributed by atoms with E-state index in [1.165, 1.54) is 0 Å². The van der Waals surface area contributed by atoms with Crippen LogP contribution in [0.25, 0.3) is 0 Å². The lowest BCUT2D eigenvalue weighted by Crippen LogP contribution is -2.18. The maximum Gasteiger partial charge on any atom is 0.104 e. The van der Waals surface area contributed by atoms with Crippen molar-refractivity contribution in [3.63, 3.8) is 0 Å². The number of nitrogens with zero attached hydrogens (tertiary/aromatic N) is 1. The van der Waals surface area contributed by atoms with Crippen LogP contribution < -0.4 is 0 Å². The zero-order valence-corrected chi connectivity index (χ0v) is 12.8. The first-order valence-electron chi connectivity index (χ1n) is 6.80. The summed E-state index contributed by atoms with van der Waals surface area (Å²) in [6.07, 6.45) is 0. The van der Waals surface area contributed by atoms with Crippen molar-refractivity contribution in [3.8, 4) is 11.8 Å². The Balaban J connectivity index is 2.10. The molecule has 2 nitrogen and oxygen atoms in total. The third-order valence-electron chi connectivity index (χ3n) is 3.16. The van der Waals surface area contributed by atoms with Crippen molar-refractivity contribution < 1.29 is 5.11 Å². The Morgan fingerprint density at radius 1 is 1.00 bits per heavy atom. The second kappa shape index (κ2) is 7.85. The molecule has 0 saturated carbocycles. The fourth-order valence-electron chi connectivity index (χ4n) is 2.18. The third kappa shape index (κ3) is 4.61. The Kier molecular flexibility index (Phi) is 5.83. The molecular formula is C18H18ClNO. The SMILES string of the molecule is CN(Cc1ccccc1Cl)Cc1ccccc1C#CCO. The zero-order chi connectivity index (χ0) is 15.1. The number of rotatable bonds is 4. The Hall–Kier alpha value is -1.79. The fraction of sp³-hybridized carbons (Fsp3) is 0.222. The van der Waals surface area contributed by atoms with Gasteiger partial charge in [-0.15, -0.1) is 0 Å². The molecule has 0 aliphatic heterocycles. The van der Waals surface area contributed by atoms with E-state index in [1.54, 1.807) is 0 Å². The molecule has 0 amide bonds. The van der Waals surface area contributed by atoms with Gasteiger partial charge in [-0.25, -0.2) is 0 Å². The van der Waals surface area contributed by atoms with Crippen molar-refractivity contribution in [2.75, 3.05) is 13.7 Å². The summed E-state index contributed by atoms with van der Waals surface area (Å²) in [4.78, 5) is 2.20. The van der Waals surface area contributed by atoms with Crippen molar-refractivity contribution in [3.05, 3.63) is 70.2 Å². The van der Waals surface area contributed by atoms with Crippen molar-refractivity contribution in [1.82, 2.24) is 4.90 Å². The van der Waals surface area contributed by atoms with Gasteiger partial charge in [-0.2, -0.15) is 0 Å². The van der Waals surface area contributed by atoms with Gasteiger partial charge in [-0.1, -0.05) is 59.8 Å². The highest BCUT2D eigenvalue weighted by molar-refractivity contribution is 6.31. The number of aliphatic hydroxyl groups excluding tert-OH is 1. The number of aliphatic hydroxyl groups is 1. The van der Waals surface area contributed by atoms with Gasteiger partial charge in [0.15, 0.2) is 0 Å². The molecule has 2 aromatic rings. The van der Waals surface area contributed by atoms with Gasteiger partial charge in [0.05, 0.1) is 0 Å². The van der Waals surface area contributed by atoms with Gasteiger partial charge in [0.25, 0.3) is 0 Å². The standard InChI is InChI=1S/C18H18ClNO/c1-20(14-17-9-4-5-11-18(17)19)13-16-8-3-2-7-15(16)10-6-12-21/h2-5,7-9,11,21H,12-14H2,1H3. The summed E-state index contributed by atoms with van der Waals surface area (Å²) in [7, 11) is 2.06. The predicted octanol–water partition coefficient (Wildman–Crippen LogP) is 3.32. The maximum atomic E-state index is 8.83. The molecule has 0 aromatic heterocycles. The Bertz CT molecular complexity index is 658. The van der Waals surface area contributed by atoms with Gasteiger partial charge < -0.3 is 5.11 Å². The second-order valence-electron chi connectivity index (χ2n) is 4.88. The molecule has 2 aromatic carbocycles. The molecule has 0 bridgehead atoms. The van der Waals surface area contributed by atoms with Crippen LogP contribution in [0, 0.1) is 11.8 Å². The molecule has 108 valence electrons. The summed E-state index contributed by atoms with van der Waals surface area (Å²) < 4.78 is 0. The van der Waals surface area contributed by atoms with Crippen LogP contribution in [0.4, 0.5) is 0 Å². The fourth-order valence-corrected chi connectivity index (χ4v) is 2.37. The molecule has 1 N–H and O–H groups in total. The predicted molar refractivity (Wildman–Crippen MR) is 87.0 cm³/mol. The quantitative estimate of drug-likeness (QED) is 0.876. The van der Waals surface area contributed by atoms with E-state index < -0.39 is 0 Å². The molecule has 0 radical (unpaired) electrons. The minimum Gasteiger partial charge on any atom is -0.384 e. The van der Waals surface area contributed by atoms with Crippen LogP contribution in [-0.4, -0.2) is 23.7 Å². The van der Waals surface area contributed by atoms with Crippen molar-refractivity contribution in [2.24, 2.45) is 0 Å². The van der Waals surface area contributed by atoms with Crippen LogP contribution in [-0.2, 0) is 13.1 Å². The molecule has 0 saturated heterocycles. The van der Waals surface area contributed by atoms with Gasteiger partial charge in [0.1, 0.15) is 6.61 Å². The highest BCUT2D eigenvalue weighted by Crippen LogP contribution is 2.18. The number of hydrogen-bond acceptors (Lipinski definition) is 2. The average Bonchev–Trinajstić information content (AvgIpc) is 2.49. The van der Waals surface area contributed by atoms with Crippen molar-refractivity contribution >= 4 is 11.6 Å². The maximum absolute atomic E-state index is 8.83. The van der Waals surface area contributed by atoms with E-state index in [2.05, 4.69) is 29.9 Å². The van der Waals surface area contributed by atoms with E-state index in [9.17, 15) is 0 Å². The highest BCUT2D eigenvalue weighted by Gasteiger charge is 2.06. The molecular weight excluding hydrogens is 282 g/mol. The lowest BCUT2D eigenvalue weighted by Gasteiger charge is -2.18. The lowest BCUT2D eigenvalue weighted by molar-refractivity contribution is 0.319. The highest BCUT2D eigenvalue weighted by atomic mass is 35.5. The molecule has 3 heteroatoms. The van der Waals surface area contributed by atoms with Crippen LogP contribution in [0.3, 0.4) is 0 Å². The molecule has 0 fully saturated rings. The Labute approximate surface area is 131 Å². The zero-order valence-electron chi connectivity index (χ0n) is 12.0. The van der Waals surface area contributed by atoms with E-state index in [4.69, 9.17) is 16.7 Å². The smallest absolute Gasteiger partial charge is 0.104 e. The Morgan fingerprint density at radius 2 is 1.62 bits per heavy atom. The summed E-state index contributed by atoms with van der Waals surface area (Å²) in [5.41, 5.74) is 3.21. The number of benzene rings is 2. The molecule has 0 aliphatic rings. The van der Waals surface area contributed by atoms with Crippen molar-refractivity contribution in [1.29, 1.82) is 0 Å². The Morgan fingerprint density at radius 3 is 2.33 bits per heavy atom. The van der Waals surface area contributed by atoms with Crippen LogP contribution in [0.15, 0.2) is 48.5 Å². The molecule has 0 unspecified atom stereocenters. The van der Waals surface area contributed by atoms with E-state index in [0.717, 1.165) is 34.8 Å². The van der Waals surface area contributed by atoms with Crippen LogP contribution in [0.5, 0.6) is 0 Å². The lowest BCUT2D eigenvalue weighted by atomic mass is 10.1. The monoisotopic (exact) mass is 299 g/mol. The van der Waals surface area contributed by atoms with E-state index in [-0.39, 0.29) is 6.61 Å². The first-order valence-corrected chi connectivity index (χ1v) is 7.18. The molecule has 0 heterocycles. The average molecular weight is 300 g/mol. The normalized spacial score (nSPS) is 10.3. The summed E-state index contributed by atoms with van der Waals surface area (Å²) in [5.74, 6) is 5.69. The number of halogens is 1. The van der Waals surface area contributed by atoms with E-state index >= 15 is 0 Å². The van der Waals surface area contributed by atoms with Gasteiger partial charge >= 0.3 is 0 Å². The largest absolute Gasteiger partial charge is 0.384 e. The van der Waals surface area contributed by atoms with Gasteiger partial charge in [-0.3, -0.25) is 4.90 Å². The minimum absolute atomic E-state index is 0.121.